The van der Waals surface area contributed by atoms with Crippen molar-refractivity contribution in [3.05, 3.63) is 93.8 Å². The van der Waals surface area contributed by atoms with E-state index in [9.17, 15) is 18.8 Å². The molecule has 0 spiro atoms. The molecule has 0 saturated heterocycles. The number of nitrogens with zero attached hydrogens (tertiary/aromatic N) is 6. The monoisotopic (exact) mass is 689 g/mol. The van der Waals surface area contributed by atoms with E-state index in [0.717, 1.165) is 0 Å². The molecule has 0 amide bonds. The number of esters is 1. The van der Waals surface area contributed by atoms with Crippen molar-refractivity contribution in [1.29, 1.82) is 0 Å². The summed E-state index contributed by atoms with van der Waals surface area (Å²) >= 11 is 6.58. The van der Waals surface area contributed by atoms with E-state index in [1.54, 1.807) is 37.3 Å². The van der Waals surface area contributed by atoms with Gasteiger partial charge in [0.1, 0.15) is 35.5 Å². The molecule has 3 aromatic heterocycles. The van der Waals surface area contributed by atoms with Crippen molar-refractivity contribution in [3.8, 4) is 28.4 Å². The number of fused-ring (bicyclic) bond motifs is 2. The first kappa shape index (κ1) is 33.0. The van der Waals surface area contributed by atoms with E-state index in [-0.39, 0.29) is 61.4 Å². The highest BCUT2D eigenvalue weighted by atomic mass is 35.5. The highest BCUT2D eigenvalue weighted by Crippen LogP contribution is 2.37. The van der Waals surface area contributed by atoms with Crippen LogP contribution in [0.4, 0.5) is 14.6 Å². The molecule has 0 unspecified atom stereocenters. The minimum Gasteiger partial charge on any atom is -0.494 e. The number of rotatable bonds is 9. The van der Waals surface area contributed by atoms with Gasteiger partial charge in [-0.1, -0.05) is 36.7 Å². The number of methoxy groups -OCH3 is 1. The number of para-hydroxylation sites is 1. The van der Waals surface area contributed by atoms with Gasteiger partial charge in [0.15, 0.2) is 17.2 Å². The van der Waals surface area contributed by atoms with Crippen LogP contribution in [0.5, 0.6) is 11.5 Å². The second-order valence-electron chi connectivity index (χ2n) is 11.0. The Morgan fingerprint density at radius 3 is 2.47 bits per heavy atom. The number of carboxylic acid groups (broad SMARTS) is 1. The lowest BCUT2D eigenvalue weighted by Crippen LogP contribution is -2.28. The van der Waals surface area contributed by atoms with Crippen molar-refractivity contribution in [2.24, 2.45) is 5.92 Å². The number of aromatic nitrogens is 6. The number of aliphatic carboxylic acids is 1. The predicted octanol–water partition coefficient (Wildman–Crippen LogP) is 5.34. The van der Waals surface area contributed by atoms with Crippen LogP contribution < -0.4 is 20.8 Å². The number of hydrogen-bond acceptors (Lipinski definition) is 10. The van der Waals surface area contributed by atoms with Gasteiger partial charge in [0.05, 0.1) is 46.4 Å². The predicted molar refractivity (Wildman–Crippen MR) is 175 cm³/mol. The van der Waals surface area contributed by atoms with E-state index >= 15 is 4.39 Å². The summed E-state index contributed by atoms with van der Waals surface area (Å²) in [5.74, 6) is -5.76. The maximum absolute atomic E-state index is 15.4. The Morgan fingerprint density at radius 1 is 1.04 bits per heavy atom. The molecule has 49 heavy (non-hydrogen) atoms. The van der Waals surface area contributed by atoms with Crippen molar-refractivity contribution >= 4 is 51.3 Å². The highest BCUT2D eigenvalue weighted by Gasteiger charge is 2.28. The molecule has 3 N–H and O–H groups in total. The lowest BCUT2D eigenvalue weighted by Gasteiger charge is -2.20. The lowest BCUT2D eigenvalue weighted by molar-refractivity contribution is -0.145. The maximum Gasteiger partial charge on any atom is 0.314 e. The zero-order valence-corrected chi connectivity index (χ0v) is 26.8. The number of carbonyl (C=O) groups is 2. The van der Waals surface area contributed by atoms with Crippen molar-refractivity contribution < 1.29 is 33.0 Å². The number of ether oxygens (including phenoxy) is 2. The molecule has 250 valence electrons. The number of carbonyl (C=O) groups excluding carboxylic acids is 1. The molecule has 3 heterocycles. The van der Waals surface area contributed by atoms with Crippen LogP contribution >= 0.6 is 11.6 Å². The van der Waals surface area contributed by atoms with Gasteiger partial charge in [-0.3, -0.25) is 19.0 Å². The summed E-state index contributed by atoms with van der Waals surface area (Å²) in [6.07, 6.45) is 0.726. The van der Waals surface area contributed by atoms with Crippen molar-refractivity contribution in [3.63, 3.8) is 0 Å². The number of nitrogens with two attached hydrogens (primary N) is 1. The molecule has 0 bridgehead atoms. The van der Waals surface area contributed by atoms with E-state index in [1.807, 2.05) is 0 Å². The number of carboxylic acids is 1. The van der Waals surface area contributed by atoms with Gasteiger partial charge in [0.25, 0.3) is 5.56 Å². The molecule has 6 rings (SSSR count). The number of anilines is 1. The fourth-order valence-electron chi connectivity index (χ4n) is 5.42. The SMILES string of the molecule is COc1ccc(-c2nn([C@@H](C)c3nc4cc(OC(=O)[C@H](C)CC(=O)O)cc(Cl)c4c(=O)n3-c3ccccc3)c3ncnc(N)c23)c(F)c1F. The van der Waals surface area contributed by atoms with Crippen molar-refractivity contribution in [1.82, 2.24) is 29.3 Å². The van der Waals surface area contributed by atoms with Crippen LogP contribution in [0.3, 0.4) is 0 Å². The molecule has 0 aliphatic rings. The summed E-state index contributed by atoms with van der Waals surface area (Å²) in [6.45, 7) is 3.06. The Kier molecular flexibility index (Phi) is 8.69. The third kappa shape index (κ3) is 5.88. The number of nitrogen functional groups attached to an aromatic ring is 1. The first-order chi connectivity index (χ1) is 23.4. The second-order valence-corrected chi connectivity index (χ2v) is 11.4. The van der Waals surface area contributed by atoms with Gasteiger partial charge in [-0.15, -0.1) is 0 Å². The van der Waals surface area contributed by atoms with Crippen molar-refractivity contribution in [2.75, 3.05) is 12.8 Å². The summed E-state index contributed by atoms with van der Waals surface area (Å²) in [5.41, 5.74) is 5.95. The van der Waals surface area contributed by atoms with Crippen LogP contribution in [0.25, 0.3) is 38.9 Å². The number of benzene rings is 3. The second kappa shape index (κ2) is 12.9. The van der Waals surface area contributed by atoms with Gasteiger partial charge < -0.3 is 20.3 Å². The van der Waals surface area contributed by atoms with Gasteiger partial charge in [-0.2, -0.15) is 9.49 Å². The van der Waals surface area contributed by atoms with Crippen LogP contribution in [0.15, 0.2) is 65.7 Å². The molecule has 0 fully saturated rings. The van der Waals surface area contributed by atoms with Gasteiger partial charge in [0.2, 0.25) is 5.82 Å². The van der Waals surface area contributed by atoms with Gasteiger partial charge >= 0.3 is 11.9 Å². The Bertz CT molecular complexity index is 2350. The minimum atomic E-state index is -1.23. The summed E-state index contributed by atoms with van der Waals surface area (Å²) in [7, 11) is 1.21. The average Bonchev–Trinajstić information content (AvgIpc) is 3.46. The maximum atomic E-state index is 15.4. The summed E-state index contributed by atoms with van der Waals surface area (Å²) < 4.78 is 43.2. The van der Waals surface area contributed by atoms with E-state index in [0.29, 0.717) is 5.69 Å². The van der Waals surface area contributed by atoms with Crippen LogP contribution in [-0.4, -0.2) is 53.5 Å². The van der Waals surface area contributed by atoms with E-state index in [1.165, 1.54) is 53.9 Å². The summed E-state index contributed by atoms with van der Waals surface area (Å²) in [4.78, 5) is 51.1. The molecular formula is C33H26ClF2N7O6. The van der Waals surface area contributed by atoms with Gasteiger partial charge in [-0.25, -0.2) is 24.0 Å². The Hall–Kier alpha value is -5.96. The first-order valence-electron chi connectivity index (χ1n) is 14.7. The molecule has 0 saturated carbocycles. The summed E-state index contributed by atoms with van der Waals surface area (Å²) in [6, 6.07) is 12.8. The molecule has 3 aromatic carbocycles. The third-order valence-corrected chi connectivity index (χ3v) is 8.12. The zero-order valence-electron chi connectivity index (χ0n) is 26.0. The molecule has 2 atom stereocenters. The molecule has 6 aromatic rings. The normalized spacial score (nSPS) is 12.6. The third-order valence-electron chi connectivity index (χ3n) is 7.82. The molecule has 0 radical (unpaired) electrons. The van der Waals surface area contributed by atoms with Crippen LogP contribution in [0.1, 0.15) is 32.1 Å². The molecule has 0 aliphatic carbocycles. The number of hydrogen-bond donors (Lipinski definition) is 2. The Balaban J connectivity index is 1.58. The molecule has 13 nitrogen and oxygen atoms in total. The topological polar surface area (TPSA) is 177 Å². The van der Waals surface area contributed by atoms with Crippen LogP contribution in [-0.2, 0) is 9.59 Å². The number of halogens is 3. The van der Waals surface area contributed by atoms with E-state index in [4.69, 9.17) is 36.9 Å². The van der Waals surface area contributed by atoms with Gasteiger partial charge in [-0.05, 0) is 31.2 Å². The smallest absolute Gasteiger partial charge is 0.314 e. The quantitative estimate of drug-likeness (QED) is 0.148. The van der Waals surface area contributed by atoms with E-state index < -0.39 is 47.5 Å². The van der Waals surface area contributed by atoms with Crippen molar-refractivity contribution in [2.45, 2.75) is 26.3 Å². The van der Waals surface area contributed by atoms with Crippen LogP contribution in [0, 0.1) is 17.6 Å². The zero-order chi connectivity index (χ0) is 35.1. The van der Waals surface area contributed by atoms with Crippen LogP contribution in [0.2, 0.25) is 5.02 Å². The fourth-order valence-corrected chi connectivity index (χ4v) is 5.71. The fraction of sp³-hybridized carbons (Fsp3) is 0.182. The van der Waals surface area contributed by atoms with Gasteiger partial charge in [0, 0.05) is 17.7 Å². The molecule has 16 heteroatoms. The standard InChI is InChI=1S/C33H26ClF2N7O6/c1-15(11-23(44)45)33(47)49-18-12-20(34)24-21(13-18)40-30(42(32(24)46)17-7-5-4-6-8-17)16(2)43-31-25(29(37)38-14-39-31)28(41-43)19-9-10-22(48-3)27(36)26(19)35/h4-10,12-16H,11H2,1-3H3,(H,44,45)(H2,37,38,39)/t15-,16+/m1/s1. The first-order valence-corrected chi connectivity index (χ1v) is 15.0. The Morgan fingerprint density at radius 2 is 1.78 bits per heavy atom. The highest BCUT2D eigenvalue weighted by molar-refractivity contribution is 6.35. The average molecular weight is 690 g/mol. The summed E-state index contributed by atoms with van der Waals surface area (Å²) in [5, 5.41) is 13.7. The van der Waals surface area contributed by atoms with E-state index in [2.05, 4.69) is 15.1 Å². The Labute approximate surface area is 280 Å². The minimum absolute atomic E-state index is 0.00761. The molecule has 0 aliphatic heterocycles. The lowest BCUT2D eigenvalue weighted by atomic mass is 10.1. The molecular weight excluding hydrogens is 664 g/mol. The largest absolute Gasteiger partial charge is 0.494 e.